The molecule has 0 atom stereocenters. The Bertz CT molecular complexity index is 1160. The van der Waals surface area contributed by atoms with E-state index in [1.54, 1.807) is 14.1 Å². The number of anilines is 3. The molecule has 0 aromatic carbocycles. The first-order valence-corrected chi connectivity index (χ1v) is 10.3. The van der Waals surface area contributed by atoms with Gasteiger partial charge in [-0.3, -0.25) is 14.4 Å². The van der Waals surface area contributed by atoms with Gasteiger partial charge in [0.2, 0.25) is 0 Å². The smallest absolute Gasteiger partial charge is 0.290 e. The first-order valence-electron chi connectivity index (χ1n) is 8.58. The third-order valence-corrected chi connectivity index (χ3v) is 6.19. The Morgan fingerprint density at radius 1 is 1.14 bits per heavy atom. The van der Waals surface area contributed by atoms with Crippen molar-refractivity contribution in [3.05, 3.63) is 53.4 Å². The van der Waals surface area contributed by atoms with Crippen LogP contribution in [-0.2, 0) is 20.6 Å². The highest BCUT2D eigenvalue weighted by atomic mass is 32.1. The Morgan fingerprint density at radius 3 is 2.38 bits per heavy atom. The van der Waals surface area contributed by atoms with Gasteiger partial charge in [-0.05, 0) is 11.4 Å². The second kappa shape index (κ2) is 8.13. The zero-order valence-electron chi connectivity index (χ0n) is 16.3. The minimum absolute atomic E-state index is 0.00380. The average molecular weight is 436 g/mol. The van der Waals surface area contributed by atoms with E-state index in [0.717, 1.165) is 16.2 Å². The Morgan fingerprint density at radius 2 is 1.79 bits per heavy atom. The molecule has 0 unspecified atom stereocenters. The Balaban J connectivity index is 2.03. The lowest BCUT2D eigenvalue weighted by Gasteiger charge is -2.16. The third kappa shape index (κ3) is 3.91. The van der Waals surface area contributed by atoms with Gasteiger partial charge in [-0.2, -0.15) is 0 Å². The first kappa shape index (κ1) is 20.7. The molecule has 3 aromatic rings. The molecule has 9 nitrogen and oxygen atoms in total. The maximum absolute atomic E-state index is 12.8. The van der Waals surface area contributed by atoms with Crippen molar-refractivity contribution < 1.29 is 9.90 Å². The molecule has 1 amide bonds. The zero-order chi connectivity index (χ0) is 21.3. The summed E-state index contributed by atoms with van der Waals surface area (Å²) >= 11 is 2.58. The molecule has 0 bridgehead atoms. The molecule has 3 aromatic heterocycles. The zero-order valence-corrected chi connectivity index (χ0v) is 18.0. The summed E-state index contributed by atoms with van der Waals surface area (Å²) in [5.74, 6) is -0.617. The van der Waals surface area contributed by atoms with E-state index in [2.05, 4.69) is 10.6 Å². The van der Waals surface area contributed by atoms with Crippen molar-refractivity contribution in [1.82, 2.24) is 14.3 Å². The molecule has 0 aliphatic carbocycles. The summed E-state index contributed by atoms with van der Waals surface area (Å²) in [4.78, 5) is 40.3. The molecule has 154 valence electrons. The van der Waals surface area contributed by atoms with E-state index >= 15 is 0 Å². The average Bonchev–Trinajstić information content (AvgIpc) is 3.33. The predicted molar refractivity (Wildman–Crippen MR) is 116 cm³/mol. The topological polar surface area (TPSA) is 109 Å². The number of aromatic hydroxyl groups is 1. The van der Waals surface area contributed by atoms with E-state index in [-0.39, 0.29) is 33.6 Å². The molecule has 29 heavy (non-hydrogen) atoms. The molecule has 3 N–H and O–H groups in total. The second-order valence-electron chi connectivity index (χ2n) is 6.49. The summed E-state index contributed by atoms with van der Waals surface area (Å²) in [5.41, 5.74) is -0.568. The molecule has 0 saturated heterocycles. The van der Waals surface area contributed by atoms with Gasteiger partial charge in [0.15, 0.2) is 5.75 Å². The Kier molecular flexibility index (Phi) is 5.80. The van der Waals surface area contributed by atoms with Crippen molar-refractivity contribution in [1.29, 1.82) is 0 Å². The van der Waals surface area contributed by atoms with Crippen LogP contribution in [0.4, 0.5) is 17.1 Å². The van der Waals surface area contributed by atoms with E-state index in [0.29, 0.717) is 6.54 Å². The molecule has 0 fully saturated rings. The fourth-order valence-electron chi connectivity index (χ4n) is 2.61. The molecule has 3 rings (SSSR count). The van der Waals surface area contributed by atoms with Crippen LogP contribution in [0.15, 0.2) is 32.5 Å². The molecular formula is C18H21N5O4S2. The molecule has 0 aliphatic rings. The van der Waals surface area contributed by atoms with Crippen LogP contribution < -0.4 is 21.8 Å². The Hall–Kier alpha value is -3.05. The van der Waals surface area contributed by atoms with E-state index in [9.17, 15) is 19.5 Å². The van der Waals surface area contributed by atoms with Gasteiger partial charge in [0.1, 0.15) is 16.3 Å². The third-order valence-electron chi connectivity index (χ3n) is 4.36. The SMILES string of the molecule is CN(C)C(=O)c1scc(Nc2c(NCc3cccs3)c(=O)n(C)n(C)c2=O)c1O. The van der Waals surface area contributed by atoms with Gasteiger partial charge in [0.05, 0.1) is 5.69 Å². The molecule has 0 radical (unpaired) electrons. The van der Waals surface area contributed by atoms with Gasteiger partial charge in [-0.15, -0.1) is 22.7 Å². The van der Waals surface area contributed by atoms with Gasteiger partial charge in [0.25, 0.3) is 17.0 Å². The standard InChI is InChI=1S/C18H21N5O4S2/c1-21(2)18(27)15-14(24)11(9-29-15)20-13-12(19-8-10-6-5-7-28-10)16(25)22(3)23(4)17(13)26/h5-7,9,19-20,24H,8H2,1-4H3. The summed E-state index contributed by atoms with van der Waals surface area (Å²) in [5, 5.41) is 19.8. The number of aromatic nitrogens is 2. The maximum Gasteiger partial charge on any atom is 0.290 e. The highest BCUT2D eigenvalue weighted by Gasteiger charge is 2.22. The van der Waals surface area contributed by atoms with Crippen LogP contribution in [-0.4, -0.2) is 39.4 Å². The van der Waals surface area contributed by atoms with Crippen LogP contribution >= 0.6 is 22.7 Å². The second-order valence-corrected chi connectivity index (χ2v) is 8.40. The highest BCUT2D eigenvalue weighted by Crippen LogP contribution is 2.36. The van der Waals surface area contributed by atoms with Gasteiger partial charge >= 0.3 is 0 Å². The number of rotatable bonds is 6. The molecule has 3 heterocycles. The summed E-state index contributed by atoms with van der Waals surface area (Å²) in [7, 11) is 6.14. The summed E-state index contributed by atoms with van der Waals surface area (Å²) in [6.07, 6.45) is 0. The van der Waals surface area contributed by atoms with Crippen LogP contribution in [0.5, 0.6) is 5.75 Å². The lowest BCUT2D eigenvalue weighted by molar-refractivity contribution is 0.0829. The van der Waals surface area contributed by atoms with E-state index in [1.807, 2.05) is 17.5 Å². The van der Waals surface area contributed by atoms with Crippen molar-refractivity contribution in [2.45, 2.75) is 6.54 Å². The van der Waals surface area contributed by atoms with Gasteiger partial charge in [-0.25, -0.2) is 9.36 Å². The number of nitrogens with one attached hydrogen (secondary N) is 2. The molecule has 0 aliphatic heterocycles. The fraction of sp³-hybridized carbons (Fsp3) is 0.278. The van der Waals surface area contributed by atoms with E-state index in [4.69, 9.17) is 0 Å². The lowest BCUT2D eigenvalue weighted by atomic mass is 10.3. The fourth-order valence-corrected chi connectivity index (χ4v) is 4.16. The quantitative estimate of drug-likeness (QED) is 0.546. The van der Waals surface area contributed by atoms with Crippen molar-refractivity contribution in [2.75, 3.05) is 24.7 Å². The van der Waals surface area contributed by atoms with Gasteiger partial charge in [-0.1, -0.05) is 6.07 Å². The number of carbonyl (C=O) groups is 1. The molecule has 0 spiro atoms. The summed E-state index contributed by atoms with van der Waals surface area (Å²) in [6, 6.07) is 3.82. The van der Waals surface area contributed by atoms with E-state index < -0.39 is 11.1 Å². The lowest BCUT2D eigenvalue weighted by Crippen LogP contribution is -2.38. The number of nitrogens with zero attached hydrogens (tertiary/aromatic N) is 3. The number of hydrogen-bond acceptors (Lipinski definition) is 8. The van der Waals surface area contributed by atoms with Crippen LogP contribution in [0.25, 0.3) is 0 Å². The predicted octanol–water partition coefficient (Wildman–Crippen LogP) is 1.97. The minimum atomic E-state index is -0.452. The van der Waals surface area contributed by atoms with E-state index in [1.165, 1.54) is 45.1 Å². The number of carbonyl (C=O) groups excluding carboxylic acids is 1. The van der Waals surface area contributed by atoms with Crippen molar-refractivity contribution in [2.24, 2.45) is 14.1 Å². The van der Waals surface area contributed by atoms with Crippen LogP contribution in [0, 0.1) is 0 Å². The van der Waals surface area contributed by atoms with Crippen molar-refractivity contribution in [3.8, 4) is 5.75 Å². The van der Waals surface area contributed by atoms with Gasteiger partial charge < -0.3 is 20.6 Å². The van der Waals surface area contributed by atoms with Crippen molar-refractivity contribution in [3.63, 3.8) is 0 Å². The van der Waals surface area contributed by atoms with Gasteiger partial charge in [0, 0.05) is 45.0 Å². The number of hydrogen-bond donors (Lipinski definition) is 3. The molecule has 11 heteroatoms. The largest absolute Gasteiger partial charge is 0.504 e. The molecule has 0 saturated carbocycles. The number of amides is 1. The van der Waals surface area contributed by atoms with Crippen LogP contribution in [0.3, 0.4) is 0 Å². The monoisotopic (exact) mass is 435 g/mol. The van der Waals surface area contributed by atoms with Crippen LogP contribution in [0.1, 0.15) is 14.5 Å². The normalized spacial score (nSPS) is 10.8. The van der Waals surface area contributed by atoms with Crippen LogP contribution in [0.2, 0.25) is 0 Å². The summed E-state index contributed by atoms with van der Waals surface area (Å²) < 4.78 is 2.38. The highest BCUT2D eigenvalue weighted by molar-refractivity contribution is 7.13. The molecular weight excluding hydrogens is 414 g/mol. The van der Waals surface area contributed by atoms with Crippen molar-refractivity contribution >= 4 is 45.6 Å². The maximum atomic E-state index is 12.8. The summed E-state index contributed by atoms with van der Waals surface area (Å²) in [6.45, 7) is 0.370. The first-order chi connectivity index (χ1) is 13.7. The minimum Gasteiger partial charge on any atom is -0.504 e. The Labute approximate surface area is 174 Å². The number of thiophene rings is 2.